The number of ether oxygens (including phenoxy) is 3. The van der Waals surface area contributed by atoms with Gasteiger partial charge in [-0.05, 0) is 86.9 Å². The van der Waals surface area contributed by atoms with Gasteiger partial charge in [-0.15, -0.1) is 0 Å². The van der Waals surface area contributed by atoms with Crippen molar-refractivity contribution in [1.82, 2.24) is 0 Å². The van der Waals surface area contributed by atoms with Gasteiger partial charge in [0.2, 0.25) is 5.90 Å². The molecule has 0 atom stereocenters. The Hall–Kier alpha value is -2.65. The first-order valence-corrected chi connectivity index (χ1v) is 11.8. The zero-order valence-electron chi connectivity index (χ0n) is 17.2. The Morgan fingerprint density at radius 2 is 1.81 bits per heavy atom. The van der Waals surface area contributed by atoms with Crippen molar-refractivity contribution in [1.29, 1.82) is 0 Å². The van der Waals surface area contributed by atoms with Crippen LogP contribution in [-0.4, -0.2) is 18.5 Å². The molecule has 5 nitrogen and oxygen atoms in total. The third-order valence-electron chi connectivity index (χ3n) is 4.59. The Morgan fingerprint density at radius 3 is 2.56 bits per heavy atom. The maximum absolute atomic E-state index is 12.4. The van der Waals surface area contributed by atoms with E-state index >= 15 is 0 Å². The van der Waals surface area contributed by atoms with Crippen molar-refractivity contribution in [2.75, 3.05) is 6.61 Å². The molecule has 0 saturated heterocycles. The first kappa shape index (κ1) is 22.5. The van der Waals surface area contributed by atoms with Crippen LogP contribution in [0.3, 0.4) is 0 Å². The first-order chi connectivity index (χ1) is 15.5. The minimum atomic E-state index is -0.492. The summed E-state index contributed by atoms with van der Waals surface area (Å²) in [7, 11) is 0. The SMILES string of the molecule is CCOc1cc(/C=C2\N=C(c3ccccc3Br)OC2=O)cc(I)c1OCc1ccccc1. The number of carbonyl (C=O) groups excluding carboxylic acids is 1. The highest BCUT2D eigenvalue weighted by atomic mass is 127. The van der Waals surface area contributed by atoms with Crippen LogP contribution in [0.5, 0.6) is 11.5 Å². The van der Waals surface area contributed by atoms with Crippen LogP contribution in [0.4, 0.5) is 0 Å². The van der Waals surface area contributed by atoms with Gasteiger partial charge in [-0.3, -0.25) is 0 Å². The predicted octanol–water partition coefficient (Wildman–Crippen LogP) is 6.38. The molecule has 1 aliphatic heterocycles. The standard InChI is InChI=1S/C25H19BrINO4/c1-2-30-22-14-17(12-20(27)23(22)31-15-16-8-4-3-5-9-16)13-21-25(29)32-24(28-21)18-10-6-7-11-19(18)26/h3-14H,2,15H2,1H3/b21-13-. The lowest BCUT2D eigenvalue weighted by atomic mass is 10.1. The van der Waals surface area contributed by atoms with Crippen molar-refractivity contribution in [3.63, 3.8) is 0 Å². The third kappa shape index (κ3) is 5.21. The number of aliphatic imine (C=N–C) groups is 1. The summed E-state index contributed by atoms with van der Waals surface area (Å²) in [5.74, 6) is 1.07. The number of benzene rings is 3. The Kier molecular flexibility index (Phi) is 7.26. The maximum atomic E-state index is 12.4. The van der Waals surface area contributed by atoms with Gasteiger partial charge in [-0.25, -0.2) is 9.79 Å². The van der Waals surface area contributed by atoms with Gasteiger partial charge in [0.05, 0.1) is 15.7 Å². The van der Waals surface area contributed by atoms with Gasteiger partial charge in [0, 0.05) is 4.47 Å². The van der Waals surface area contributed by atoms with Crippen LogP contribution in [-0.2, 0) is 16.1 Å². The van der Waals surface area contributed by atoms with Crippen LogP contribution in [0.15, 0.2) is 81.9 Å². The molecule has 0 amide bonds. The molecule has 1 heterocycles. The molecule has 0 radical (unpaired) electrons. The van der Waals surface area contributed by atoms with Crippen molar-refractivity contribution >= 4 is 56.5 Å². The Balaban J connectivity index is 1.63. The summed E-state index contributed by atoms with van der Waals surface area (Å²) in [5.41, 5.74) is 2.79. The number of esters is 1. The lowest BCUT2D eigenvalue weighted by Gasteiger charge is -2.15. The number of rotatable bonds is 7. The van der Waals surface area contributed by atoms with Crippen LogP contribution >= 0.6 is 38.5 Å². The van der Waals surface area contributed by atoms with E-state index in [0.717, 1.165) is 24.7 Å². The lowest BCUT2D eigenvalue weighted by molar-refractivity contribution is -0.129. The zero-order chi connectivity index (χ0) is 22.5. The number of nitrogens with zero attached hydrogens (tertiary/aromatic N) is 1. The fourth-order valence-corrected chi connectivity index (χ4v) is 4.36. The van der Waals surface area contributed by atoms with Crippen LogP contribution in [0.25, 0.3) is 6.08 Å². The molecule has 4 rings (SSSR count). The number of hydrogen-bond acceptors (Lipinski definition) is 5. The summed E-state index contributed by atoms with van der Waals surface area (Å²) >= 11 is 5.68. The molecule has 0 bridgehead atoms. The van der Waals surface area contributed by atoms with Crippen LogP contribution in [0.2, 0.25) is 0 Å². The molecule has 0 saturated carbocycles. The van der Waals surface area contributed by atoms with Crippen molar-refractivity contribution in [3.05, 3.63) is 97.2 Å². The average Bonchev–Trinajstić information content (AvgIpc) is 3.14. The molecule has 0 spiro atoms. The van der Waals surface area contributed by atoms with E-state index in [2.05, 4.69) is 43.5 Å². The predicted molar refractivity (Wildman–Crippen MR) is 136 cm³/mol. The summed E-state index contributed by atoms with van der Waals surface area (Å²) in [4.78, 5) is 16.8. The molecular formula is C25H19BrINO4. The quantitative estimate of drug-likeness (QED) is 0.179. The minimum Gasteiger partial charge on any atom is -0.490 e. The van der Waals surface area contributed by atoms with Crippen molar-refractivity contribution in [2.45, 2.75) is 13.5 Å². The summed E-state index contributed by atoms with van der Waals surface area (Å²) in [6.45, 7) is 2.84. The highest BCUT2D eigenvalue weighted by Crippen LogP contribution is 2.36. The van der Waals surface area contributed by atoms with Crippen LogP contribution in [0, 0.1) is 3.57 Å². The molecule has 32 heavy (non-hydrogen) atoms. The fourth-order valence-electron chi connectivity index (χ4n) is 3.12. The second kappa shape index (κ2) is 10.3. The van der Waals surface area contributed by atoms with E-state index < -0.39 is 5.97 Å². The maximum Gasteiger partial charge on any atom is 0.363 e. The molecular weight excluding hydrogens is 585 g/mol. The van der Waals surface area contributed by atoms with Gasteiger partial charge in [0.15, 0.2) is 17.2 Å². The summed E-state index contributed by atoms with van der Waals surface area (Å²) < 4.78 is 19.0. The van der Waals surface area contributed by atoms with Crippen LogP contribution in [0.1, 0.15) is 23.6 Å². The monoisotopic (exact) mass is 603 g/mol. The molecule has 162 valence electrons. The highest BCUT2D eigenvalue weighted by Gasteiger charge is 2.25. The normalized spacial score (nSPS) is 14.3. The van der Waals surface area contributed by atoms with Crippen molar-refractivity contribution in [2.24, 2.45) is 4.99 Å². The molecule has 0 fully saturated rings. The van der Waals surface area contributed by atoms with E-state index in [-0.39, 0.29) is 11.6 Å². The fraction of sp³-hybridized carbons (Fsp3) is 0.120. The molecule has 0 N–H and O–H groups in total. The highest BCUT2D eigenvalue weighted by molar-refractivity contribution is 14.1. The lowest BCUT2D eigenvalue weighted by Crippen LogP contribution is -2.06. The average molecular weight is 604 g/mol. The van der Waals surface area contributed by atoms with Crippen molar-refractivity contribution in [3.8, 4) is 11.5 Å². The van der Waals surface area contributed by atoms with Gasteiger partial charge < -0.3 is 14.2 Å². The number of carbonyl (C=O) groups is 1. The first-order valence-electron chi connectivity index (χ1n) is 9.95. The van der Waals surface area contributed by atoms with Gasteiger partial charge in [-0.1, -0.05) is 42.5 Å². The number of halogens is 2. The van der Waals surface area contributed by atoms with E-state index in [1.165, 1.54) is 0 Å². The topological polar surface area (TPSA) is 57.1 Å². The summed E-state index contributed by atoms with van der Waals surface area (Å²) in [5, 5.41) is 0. The molecule has 1 aliphatic rings. The molecule has 3 aromatic carbocycles. The molecule has 0 aliphatic carbocycles. The van der Waals surface area contributed by atoms with E-state index in [0.29, 0.717) is 24.7 Å². The second-order valence-corrected chi connectivity index (χ2v) is 8.87. The van der Waals surface area contributed by atoms with E-state index in [9.17, 15) is 4.79 Å². The number of hydrogen-bond donors (Lipinski definition) is 0. The number of cyclic esters (lactones) is 1. The van der Waals surface area contributed by atoms with Gasteiger partial charge in [0.25, 0.3) is 0 Å². The van der Waals surface area contributed by atoms with Crippen LogP contribution < -0.4 is 9.47 Å². The van der Waals surface area contributed by atoms with Gasteiger partial charge in [0.1, 0.15) is 6.61 Å². The summed E-state index contributed by atoms with van der Waals surface area (Å²) in [6.07, 6.45) is 1.69. The van der Waals surface area contributed by atoms with E-state index in [4.69, 9.17) is 14.2 Å². The van der Waals surface area contributed by atoms with Crippen molar-refractivity contribution < 1.29 is 19.0 Å². The Bertz CT molecular complexity index is 1210. The Labute approximate surface area is 208 Å². The van der Waals surface area contributed by atoms with Gasteiger partial charge in [-0.2, -0.15) is 0 Å². The third-order valence-corrected chi connectivity index (χ3v) is 6.08. The molecule has 0 aromatic heterocycles. The summed E-state index contributed by atoms with van der Waals surface area (Å²) in [6, 6.07) is 21.2. The van der Waals surface area contributed by atoms with E-state index in [1.54, 1.807) is 6.08 Å². The molecule has 0 unspecified atom stereocenters. The second-order valence-electron chi connectivity index (χ2n) is 6.85. The smallest absolute Gasteiger partial charge is 0.363 e. The zero-order valence-corrected chi connectivity index (χ0v) is 20.9. The van der Waals surface area contributed by atoms with Gasteiger partial charge >= 0.3 is 5.97 Å². The largest absolute Gasteiger partial charge is 0.490 e. The molecule has 3 aromatic rings. The molecule has 7 heteroatoms. The Morgan fingerprint density at radius 1 is 1.06 bits per heavy atom. The van der Waals surface area contributed by atoms with E-state index in [1.807, 2.05) is 73.7 Å². The minimum absolute atomic E-state index is 0.229.